The fourth-order valence-corrected chi connectivity index (χ4v) is 6.25. The van der Waals surface area contributed by atoms with Crippen LogP contribution < -0.4 is 15.2 Å². The van der Waals surface area contributed by atoms with Crippen molar-refractivity contribution in [2.75, 3.05) is 11.8 Å². The molecule has 14 heteroatoms. The fraction of sp³-hybridized carbons (Fsp3) is 0.200. The van der Waals surface area contributed by atoms with Crippen molar-refractivity contribution in [2.45, 2.75) is 31.6 Å². The number of thiol groups is 2. The summed E-state index contributed by atoms with van der Waals surface area (Å²) in [6.45, 7) is 7.29. The molecule has 0 atom stereocenters. The second-order valence-electron chi connectivity index (χ2n) is 8.17. The molecule has 0 aliphatic carbocycles. The van der Waals surface area contributed by atoms with Crippen LogP contribution in [-0.4, -0.2) is 34.9 Å². The van der Waals surface area contributed by atoms with E-state index in [0.29, 0.717) is 24.1 Å². The van der Waals surface area contributed by atoms with Crippen LogP contribution in [0, 0.1) is 22.9 Å². The van der Waals surface area contributed by atoms with Crippen molar-refractivity contribution < 1.29 is 17.9 Å². The molecule has 2 heterocycles. The lowest BCUT2D eigenvalue weighted by Crippen LogP contribution is -2.21. The van der Waals surface area contributed by atoms with Crippen LogP contribution in [0.4, 0.5) is 18.9 Å². The van der Waals surface area contributed by atoms with Crippen LogP contribution in [-0.2, 0) is 0 Å². The third-order valence-electron chi connectivity index (χ3n) is 5.33. The number of aliphatic imine (C=N–C) groups is 2. The summed E-state index contributed by atoms with van der Waals surface area (Å²) in [6.07, 6.45) is 6.38. The molecule has 208 valence electrons. The molecule has 0 saturated heterocycles. The molecule has 1 aliphatic heterocycles. The lowest BCUT2D eigenvalue weighted by atomic mass is 10.0. The Bertz CT molecular complexity index is 1420. The summed E-state index contributed by atoms with van der Waals surface area (Å²) in [4.78, 5) is 13.9. The highest BCUT2D eigenvalue weighted by Crippen LogP contribution is 2.65. The Hall–Kier alpha value is -3.36. The third kappa shape index (κ3) is 6.81. The molecular formula is C25H28F3N7OS3. The van der Waals surface area contributed by atoms with Gasteiger partial charge in [-0.2, -0.15) is 0 Å². The van der Waals surface area contributed by atoms with E-state index in [2.05, 4.69) is 49.6 Å². The van der Waals surface area contributed by atoms with Gasteiger partial charge in [0, 0.05) is 18.0 Å². The molecule has 1 aliphatic rings. The minimum atomic E-state index is -2.71. The predicted molar refractivity (Wildman–Crippen MR) is 160 cm³/mol. The second-order valence-corrected chi connectivity index (χ2v) is 14.1. The van der Waals surface area contributed by atoms with E-state index >= 15 is 8.78 Å². The monoisotopic (exact) mass is 595 g/mol. The third-order valence-corrected chi connectivity index (χ3v) is 8.47. The molecular weight excluding hydrogens is 568 g/mol. The number of ether oxygens (including phenoxy) is 1. The summed E-state index contributed by atoms with van der Waals surface area (Å²) in [5, 5.41) is 8.34. The average molecular weight is 596 g/mol. The standard InChI is InChI=1S/C25H28F3N7OS3/c1-5-7-16(24(30)33-14(3)29)20-12-31-19(13-35(20)6-2)22-17(27)8-9-18(23(22)28)34-39(37,38)21-10-15(26)11-32-25(21)36-4/h6,8-13,34,37-38H,2,5,7H2,1,3-4H3,(H3,29,30,33)/b20-16+. The van der Waals surface area contributed by atoms with Gasteiger partial charge >= 0.3 is 0 Å². The first-order valence-corrected chi connectivity index (χ1v) is 15.2. The summed E-state index contributed by atoms with van der Waals surface area (Å²) in [6, 6.07) is 3.37. The molecule has 1 aromatic carbocycles. The number of amidine groups is 2. The van der Waals surface area contributed by atoms with E-state index in [-0.39, 0.29) is 33.8 Å². The van der Waals surface area contributed by atoms with Gasteiger partial charge in [0.2, 0.25) is 5.88 Å². The van der Waals surface area contributed by atoms with Gasteiger partial charge in [0.05, 0.1) is 52.9 Å². The Morgan fingerprint density at radius 3 is 2.67 bits per heavy atom. The zero-order valence-electron chi connectivity index (χ0n) is 21.4. The van der Waals surface area contributed by atoms with Gasteiger partial charge < -0.3 is 20.1 Å². The molecule has 1 aromatic heterocycles. The van der Waals surface area contributed by atoms with Crippen LogP contribution in [0.25, 0.3) is 5.70 Å². The Morgan fingerprint density at radius 1 is 1.33 bits per heavy atom. The number of halogens is 3. The van der Waals surface area contributed by atoms with Crippen LogP contribution in [0.15, 0.2) is 69.5 Å². The van der Waals surface area contributed by atoms with E-state index in [1.165, 1.54) is 36.7 Å². The Morgan fingerprint density at radius 2 is 2.05 bits per heavy atom. The van der Waals surface area contributed by atoms with Gasteiger partial charge in [-0.15, -0.1) is 0 Å². The normalized spacial score (nSPS) is 15.5. The number of nitrogens with one attached hydrogen (secondary N) is 2. The van der Waals surface area contributed by atoms with Crippen molar-refractivity contribution in [1.82, 2.24) is 9.88 Å². The van der Waals surface area contributed by atoms with Gasteiger partial charge in [-0.05, 0) is 39.8 Å². The molecule has 4 N–H and O–H groups in total. The molecule has 0 bridgehead atoms. The maximum absolute atomic E-state index is 15.8. The average Bonchev–Trinajstić information content (AvgIpc) is 2.88. The van der Waals surface area contributed by atoms with Crippen molar-refractivity contribution >= 4 is 60.9 Å². The molecule has 0 unspecified atom stereocenters. The Balaban J connectivity index is 2.06. The lowest BCUT2D eigenvalue weighted by molar-refractivity contribution is 0.384. The highest BCUT2D eigenvalue weighted by Gasteiger charge is 2.28. The van der Waals surface area contributed by atoms with E-state index < -0.39 is 31.3 Å². The van der Waals surface area contributed by atoms with E-state index in [4.69, 9.17) is 15.9 Å². The maximum atomic E-state index is 15.8. The number of methoxy groups -OCH3 is 1. The van der Waals surface area contributed by atoms with Crippen molar-refractivity contribution in [3.8, 4) is 5.88 Å². The number of nitrogens with zero attached hydrogens (tertiary/aromatic N) is 4. The first-order chi connectivity index (χ1) is 18.4. The Labute approximate surface area is 236 Å². The number of pyridine rings is 1. The molecule has 39 heavy (non-hydrogen) atoms. The second kappa shape index (κ2) is 12.7. The summed E-state index contributed by atoms with van der Waals surface area (Å²) < 4.78 is 52.7. The molecule has 3 rings (SSSR count). The molecule has 0 saturated carbocycles. The highest BCUT2D eigenvalue weighted by atomic mass is 33.5. The van der Waals surface area contributed by atoms with Crippen LogP contribution in [0.2, 0.25) is 0 Å². The largest absolute Gasteiger partial charge is 0.480 e. The zero-order chi connectivity index (χ0) is 28.9. The summed E-state index contributed by atoms with van der Waals surface area (Å²) >= 11 is 8.99. The van der Waals surface area contributed by atoms with Gasteiger partial charge in [-0.25, -0.2) is 23.1 Å². The molecule has 0 amide bonds. The fourth-order valence-electron chi connectivity index (χ4n) is 3.65. The minimum absolute atomic E-state index is 0.0397. The van der Waals surface area contributed by atoms with Gasteiger partial charge in [-0.3, -0.25) is 10.4 Å². The lowest BCUT2D eigenvalue weighted by Gasteiger charge is -2.32. The summed E-state index contributed by atoms with van der Waals surface area (Å²) in [5.74, 6) is -2.28. The van der Waals surface area contributed by atoms with E-state index in [1.807, 2.05) is 6.92 Å². The van der Waals surface area contributed by atoms with Gasteiger partial charge in [0.25, 0.3) is 0 Å². The molecule has 8 nitrogen and oxygen atoms in total. The first kappa shape index (κ1) is 30.2. The molecule has 0 spiro atoms. The van der Waals surface area contributed by atoms with Gasteiger partial charge in [0.1, 0.15) is 11.6 Å². The number of benzene rings is 1. The highest BCUT2D eigenvalue weighted by molar-refractivity contribution is 9.18. The number of rotatable bonds is 9. The number of aromatic nitrogens is 1. The SMILES string of the molecule is C=CN1C=C(c2c(F)ccc(NS(S)(S)c3cc(F)cnc3OC)c2F)N=C/C1=C(/CCC)C(=N)N=C(C)N. The molecule has 0 fully saturated rings. The number of hydrogen-bond donors (Lipinski definition) is 5. The summed E-state index contributed by atoms with van der Waals surface area (Å²) in [5.41, 5.74) is 6.05. The zero-order valence-corrected chi connectivity index (χ0v) is 24.0. The van der Waals surface area contributed by atoms with Crippen molar-refractivity contribution in [3.05, 3.63) is 77.7 Å². The van der Waals surface area contributed by atoms with Crippen LogP contribution in [0.3, 0.4) is 0 Å². The molecule has 0 radical (unpaired) electrons. The smallest absolute Gasteiger partial charge is 0.228 e. The number of allylic oxidation sites excluding steroid dienone is 1. The van der Waals surface area contributed by atoms with E-state index in [1.54, 1.807) is 6.92 Å². The quantitative estimate of drug-likeness (QED) is 0.0968. The maximum Gasteiger partial charge on any atom is 0.228 e. The van der Waals surface area contributed by atoms with Crippen molar-refractivity contribution in [3.63, 3.8) is 0 Å². The van der Waals surface area contributed by atoms with Gasteiger partial charge in [-0.1, -0.05) is 43.2 Å². The van der Waals surface area contributed by atoms with Crippen LogP contribution in [0.5, 0.6) is 5.88 Å². The van der Waals surface area contributed by atoms with Crippen LogP contribution in [0.1, 0.15) is 32.3 Å². The summed E-state index contributed by atoms with van der Waals surface area (Å²) in [7, 11) is -1.37. The molecule has 2 aromatic rings. The van der Waals surface area contributed by atoms with E-state index in [0.717, 1.165) is 18.3 Å². The van der Waals surface area contributed by atoms with E-state index in [9.17, 15) is 4.39 Å². The number of hydrogen-bond acceptors (Lipinski definition) is 8. The first-order valence-electron chi connectivity index (χ1n) is 11.5. The Kier molecular flexibility index (Phi) is 9.80. The topological polar surface area (TPSA) is 112 Å². The van der Waals surface area contributed by atoms with Crippen LogP contribution >= 0.6 is 31.6 Å². The van der Waals surface area contributed by atoms with Crippen molar-refractivity contribution in [1.29, 1.82) is 5.41 Å². The number of nitrogens with two attached hydrogens (primary N) is 1. The van der Waals surface area contributed by atoms with Gasteiger partial charge in [0.15, 0.2) is 11.7 Å². The van der Waals surface area contributed by atoms with Crippen molar-refractivity contribution in [2.24, 2.45) is 15.7 Å². The predicted octanol–water partition coefficient (Wildman–Crippen LogP) is 6.62. The minimum Gasteiger partial charge on any atom is -0.480 e. The number of anilines is 1.